The summed E-state index contributed by atoms with van der Waals surface area (Å²) in [6.07, 6.45) is 0. The molecule has 0 unspecified atom stereocenters. The van der Waals surface area contributed by atoms with Gasteiger partial charge >= 0.3 is 0 Å². The molecule has 1 aliphatic heterocycles. The number of para-hydroxylation sites is 2. The zero-order valence-corrected chi connectivity index (χ0v) is 33.5. The summed E-state index contributed by atoms with van der Waals surface area (Å²) < 4.78 is 2.56. The van der Waals surface area contributed by atoms with Gasteiger partial charge in [0.15, 0.2) is 0 Å². The van der Waals surface area contributed by atoms with Crippen LogP contribution < -0.4 is 4.90 Å². The molecule has 9 aromatic carbocycles. The number of rotatable bonds is 5. The largest absolute Gasteiger partial charge is 0.310 e. The zero-order chi connectivity index (χ0) is 39.7. The first-order valence-electron chi connectivity index (χ1n) is 21.1. The van der Waals surface area contributed by atoms with Crippen LogP contribution in [0.4, 0.5) is 17.1 Å². The van der Waals surface area contributed by atoms with Gasteiger partial charge in [-0.25, -0.2) is 0 Å². The van der Waals surface area contributed by atoms with Gasteiger partial charge in [-0.1, -0.05) is 172 Å². The number of fused-ring (bicyclic) bond motifs is 9. The number of aromatic nitrogens is 1. The monoisotopic (exact) mass is 764 g/mol. The zero-order valence-electron chi connectivity index (χ0n) is 33.5. The standard InChI is InChI=1S/C58H40N2/c1-57(2)50-29-16-26-45-44-25-11-14-30-52(44)60-53-34-31-41(36-47(53)46-32-33-51(57)55(54(45)50)56(46)60)59(39-20-7-4-8-21-39)40-22-15-19-38(35-40)58(37-17-5-3-6-18-37)48-27-12-9-23-42(48)43-24-10-13-28-49(43)58/h3-36H,1-2H3. The van der Waals surface area contributed by atoms with Crippen molar-refractivity contribution in [3.63, 3.8) is 0 Å². The van der Waals surface area contributed by atoms with Crippen molar-refractivity contribution in [3.8, 4) is 39.1 Å². The highest BCUT2D eigenvalue weighted by Crippen LogP contribution is 2.59. The lowest BCUT2D eigenvalue weighted by atomic mass is 9.67. The van der Waals surface area contributed by atoms with Crippen LogP contribution in [-0.2, 0) is 10.8 Å². The van der Waals surface area contributed by atoms with Crippen LogP contribution in [0.15, 0.2) is 206 Å². The quantitative estimate of drug-likeness (QED) is 0.169. The minimum absolute atomic E-state index is 0.0970. The molecule has 2 heterocycles. The third kappa shape index (κ3) is 4.22. The molecular formula is C58H40N2. The van der Waals surface area contributed by atoms with Gasteiger partial charge in [0.25, 0.3) is 0 Å². The first-order chi connectivity index (χ1) is 29.5. The molecule has 2 nitrogen and oxygen atoms in total. The average Bonchev–Trinajstić information content (AvgIpc) is 3.85. The molecule has 0 saturated heterocycles. The fourth-order valence-corrected chi connectivity index (χ4v) is 11.5. The molecule has 2 heteroatoms. The van der Waals surface area contributed by atoms with Crippen molar-refractivity contribution in [2.45, 2.75) is 24.7 Å². The summed E-state index contributed by atoms with van der Waals surface area (Å²) in [4.78, 5) is 2.45. The van der Waals surface area contributed by atoms with Gasteiger partial charge in [0.1, 0.15) is 0 Å². The average molecular weight is 765 g/mol. The summed E-state index contributed by atoms with van der Waals surface area (Å²) in [7, 11) is 0. The predicted molar refractivity (Wildman–Crippen MR) is 249 cm³/mol. The maximum absolute atomic E-state index is 2.56. The highest BCUT2D eigenvalue weighted by atomic mass is 15.1. The number of benzene rings is 9. The Bertz CT molecular complexity index is 3360. The molecule has 282 valence electrons. The normalized spacial score (nSPS) is 14.4. The summed E-state index contributed by atoms with van der Waals surface area (Å²) in [5.41, 5.74) is 22.5. The molecule has 60 heavy (non-hydrogen) atoms. The van der Waals surface area contributed by atoms with E-state index in [0.29, 0.717) is 0 Å². The number of hydrogen-bond acceptors (Lipinski definition) is 1. The molecule has 0 atom stereocenters. The SMILES string of the molecule is CC1(C)c2cccc3c2-c2c1ccc1c4cc(N(c5ccccc5)c5cccc(C6(c7ccccc7)c7ccccc7-c7ccccc76)c5)ccc4n(c21)-c1ccccc1-3. The van der Waals surface area contributed by atoms with Crippen molar-refractivity contribution >= 4 is 38.9 Å². The van der Waals surface area contributed by atoms with Crippen molar-refractivity contribution < 1.29 is 0 Å². The summed E-state index contributed by atoms with van der Waals surface area (Å²) >= 11 is 0. The predicted octanol–water partition coefficient (Wildman–Crippen LogP) is 14.9. The molecule has 10 aromatic rings. The second kappa shape index (κ2) is 12.1. The van der Waals surface area contributed by atoms with E-state index in [2.05, 4.69) is 230 Å². The second-order valence-electron chi connectivity index (χ2n) is 17.2. The molecule has 2 aliphatic carbocycles. The molecular weight excluding hydrogens is 725 g/mol. The fourth-order valence-electron chi connectivity index (χ4n) is 11.5. The van der Waals surface area contributed by atoms with E-state index in [-0.39, 0.29) is 5.41 Å². The van der Waals surface area contributed by atoms with Gasteiger partial charge < -0.3 is 9.47 Å². The van der Waals surface area contributed by atoms with Crippen LogP contribution in [0.25, 0.3) is 60.9 Å². The molecule has 0 radical (unpaired) electrons. The van der Waals surface area contributed by atoms with Gasteiger partial charge in [-0.05, 0) is 104 Å². The van der Waals surface area contributed by atoms with Gasteiger partial charge in [0.2, 0.25) is 0 Å². The van der Waals surface area contributed by atoms with Crippen LogP contribution in [0.3, 0.4) is 0 Å². The van der Waals surface area contributed by atoms with E-state index in [1.54, 1.807) is 0 Å². The van der Waals surface area contributed by atoms with E-state index in [1.165, 1.54) is 94.3 Å². The Kier molecular flexibility index (Phi) is 6.74. The van der Waals surface area contributed by atoms with E-state index in [4.69, 9.17) is 0 Å². The fraction of sp³-hybridized carbons (Fsp3) is 0.0690. The Balaban J connectivity index is 1.07. The molecule has 0 bridgehead atoms. The molecule has 0 N–H and O–H groups in total. The minimum atomic E-state index is -0.491. The van der Waals surface area contributed by atoms with Crippen molar-refractivity contribution in [1.82, 2.24) is 4.57 Å². The van der Waals surface area contributed by atoms with Crippen molar-refractivity contribution in [1.29, 1.82) is 0 Å². The van der Waals surface area contributed by atoms with Crippen LogP contribution in [-0.4, -0.2) is 4.57 Å². The Morgan fingerprint density at radius 3 is 1.72 bits per heavy atom. The van der Waals surface area contributed by atoms with Gasteiger partial charge in [-0.2, -0.15) is 0 Å². The first kappa shape index (κ1) is 33.5. The Hall–Kier alpha value is -7.42. The second-order valence-corrected chi connectivity index (χ2v) is 17.2. The molecule has 3 aliphatic rings. The highest BCUT2D eigenvalue weighted by molar-refractivity contribution is 6.19. The van der Waals surface area contributed by atoms with E-state index in [1.807, 2.05) is 0 Å². The summed E-state index contributed by atoms with van der Waals surface area (Å²) in [6.45, 7) is 4.78. The van der Waals surface area contributed by atoms with E-state index >= 15 is 0 Å². The summed E-state index contributed by atoms with van der Waals surface area (Å²) in [6, 6.07) is 77.1. The lowest BCUT2D eigenvalue weighted by Crippen LogP contribution is -2.28. The molecule has 0 amide bonds. The van der Waals surface area contributed by atoms with E-state index in [0.717, 1.165) is 17.1 Å². The number of nitrogens with zero attached hydrogens (tertiary/aromatic N) is 2. The van der Waals surface area contributed by atoms with Gasteiger partial charge in [0, 0.05) is 44.4 Å². The van der Waals surface area contributed by atoms with Crippen molar-refractivity contribution in [2.75, 3.05) is 4.90 Å². The maximum atomic E-state index is 2.56. The smallest absolute Gasteiger partial charge is 0.0714 e. The summed E-state index contributed by atoms with van der Waals surface area (Å²) in [5.74, 6) is 0. The molecule has 0 fully saturated rings. The number of hydrogen-bond donors (Lipinski definition) is 0. The van der Waals surface area contributed by atoms with Gasteiger partial charge in [0.05, 0.1) is 22.1 Å². The van der Waals surface area contributed by atoms with Crippen molar-refractivity contribution in [3.05, 3.63) is 240 Å². The molecule has 0 saturated carbocycles. The van der Waals surface area contributed by atoms with Crippen LogP contribution in [0.2, 0.25) is 0 Å². The number of anilines is 3. The van der Waals surface area contributed by atoms with Crippen LogP contribution in [0.5, 0.6) is 0 Å². The molecule has 13 rings (SSSR count). The lowest BCUT2D eigenvalue weighted by molar-refractivity contribution is 0.661. The Morgan fingerprint density at radius 1 is 0.383 bits per heavy atom. The summed E-state index contributed by atoms with van der Waals surface area (Å²) in [5, 5.41) is 2.53. The minimum Gasteiger partial charge on any atom is -0.310 e. The lowest BCUT2D eigenvalue weighted by Gasteiger charge is -2.35. The van der Waals surface area contributed by atoms with Crippen LogP contribution in [0, 0.1) is 0 Å². The van der Waals surface area contributed by atoms with Crippen molar-refractivity contribution in [2.24, 2.45) is 0 Å². The Morgan fingerprint density at radius 2 is 0.950 bits per heavy atom. The van der Waals surface area contributed by atoms with Crippen LogP contribution in [0.1, 0.15) is 47.2 Å². The third-order valence-corrected chi connectivity index (χ3v) is 14.0. The van der Waals surface area contributed by atoms with Crippen LogP contribution >= 0.6 is 0 Å². The Labute approximate surface area is 350 Å². The molecule has 0 spiro atoms. The third-order valence-electron chi connectivity index (χ3n) is 14.0. The highest BCUT2D eigenvalue weighted by Gasteiger charge is 2.46. The maximum Gasteiger partial charge on any atom is 0.0714 e. The van der Waals surface area contributed by atoms with Gasteiger partial charge in [-0.15, -0.1) is 0 Å². The van der Waals surface area contributed by atoms with Gasteiger partial charge in [-0.3, -0.25) is 0 Å². The van der Waals surface area contributed by atoms with E-state index in [9.17, 15) is 0 Å². The topological polar surface area (TPSA) is 8.17 Å². The molecule has 1 aromatic heterocycles. The first-order valence-corrected chi connectivity index (χ1v) is 21.1. The van der Waals surface area contributed by atoms with E-state index < -0.39 is 5.41 Å².